The molecule has 10 aromatic carbocycles. The summed E-state index contributed by atoms with van der Waals surface area (Å²) < 4.78 is 0. The van der Waals surface area contributed by atoms with Crippen LogP contribution in [0.1, 0.15) is 104 Å². The minimum Gasteiger partial charge on any atom is -0.311 e. The number of fused-ring (bicyclic) bond motifs is 6. The van der Waals surface area contributed by atoms with Gasteiger partial charge in [0, 0.05) is 51.2 Å². The fraction of sp³-hybridized carbons (Fsp3) is 0.205. The molecule has 0 amide bonds. The molecule has 0 aliphatic carbocycles. The van der Waals surface area contributed by atoms with E-state index in [2.05, 4.69) is 285 Å². The summed E-state index contributed by atoms with van der Waals surface area (Å²) in [7, 11) is 0. The minimum atomic E-state index is -0.189. The highest BCUT2D eigenvalue weighted by atomic mass is 15.5. The largest absolute Gasteiger partial charge is 0.311 e. The first-order chi connectivity index (χ1) is 38.4. The van der Waals surface area contributed by atoms with E-state index in [1.54, 1.807) is 4.80 Å². The molecule has 2 aliphatic heterocycles. The first-order valence-electron chi connectivity index (χ1n) is 28.5. The quantitative estimate of drug-likeness (QED) is 0.142. The van der Waals surface area contributed by atoms with Crippen molar-refractivity contribution in [3.05, 3.63) is 235 Å². The van der Waals surface area contributed by atoms with Crippen molar-refractivity contribution in [1.82, 2.24) is 15.0 Å². The fourth-order valence-electron chi connectivity index (χ4n) is 12.2. The van der Waals surface area contributed by atoms with Crippen molar-refractivity contribution in [2.24, 2.45) is 0 Å². The highest BCUT2D eigenvalue weighted by Crippen LogP contribution is 2.49. The first-order valence-corrected chi connectivity index (χ1v) is 28.5. The summed E-state index contributed by atoms with van der Waals surface area (Å²) in [4.78, 5) is 9.32. The SMILES string of the molecule is CC(C)c1ccc(N2c3cc(N(c4ccc(C(C)(C)C)cc4)c4cccc(-c5cccc6ccccc56)c4)ccc3B3c4cc5nn(-c6ccccc6)nc5cc4N(c4ccc(C(C)(C)C)cc4)c4cc(C(C)(C)C)cc2c43)cc1. The van der Waals surface area contributed by atoms with Crippen molar-refractivity contribution in [3.8, 4) is 16.8 Å². The number of para-hydroxylation sites is 1. The van der Waals surface area contributed by atoms with Crippen LogP contribution in [-0.4, -0.2) is 21.7 Å². The van der Waals surface area contributed by atoms with Crippen LogP contribution in [0.5, 0.6) is 0 Å². The Labute approximate surface area is 473 Å². The number of anilines is 9. The Morgan fingerprint density at radius 1 is 0.412 bits per heavy atom. The van der Waals surface area contributed by atoms with Gasteiger partial charge in [0.2, 0.25) is 0 Å². The zero-order valence-corrected chi connectivity index (χ0v) is 48.0. The van der Waals surface area contributed by atoms with E-state index >= 15 is 0 Å². The number of hydrogen-bond donors (Lipinski definition) is 0. The van der Waals surface area contributed by atoms with Crippen LogP contribution in [0.2, 0.25) is 0 Å². The minimum absolute atomic E-state index is 0.00367. The van der Waals surface area contributed by atoms with E-state index < -0.39 is 0 Å². The zero-order chi connectivity index (χ0) is 55.4. The lowest BCUT2D eigenvalue weighted by molar-refractivity contribution is 0.590. The van der Waals surface area contributed by atoms with Crippen LogP contribution in [-0.2, 0) is 16.2 Å². The predicted molar refractivity (Wildman–Crippen MR) is 341 cm³/mol. The van der Waals surface area contributed by atoms with E-state index in [1.165, 1.54) is 71.9 Å². The van der Waals surface area contributed by atoms with Crippen LogP contribution >= 0.6 is 0 Å². The Hall–Kier alpha value is -8.68. The summed E-state index contributed by atoms with van der Waals surface area (Å²) >= 11 is 0. The summed E-state index contributed by atoms with van der Waals surface area (Å²) in [6, 6.07) is 79.3. The summed E-state index contributed by atoms with van der Waals surface area (Å²) in [5, 5.41) is 12.9. The van der Waals surface area contributed by atoms with Crippen molar-refractivity contribution in [1.29, 1.82) is 0 Å². The van der Waals surface area contributed by atoms with Crippen LogP contribution in [0.3, 0.4) is 0 Å². The van der Waals surface area contributed by atoms with Gasteiger partial charge in [-0.1, -0.05) is 191 Å². The van der Waals surface area contributed by atoms with E-state index in [0.29, 0.717) is 5.92 Å². The van der Waals surface area contributed by atoms with E-state index in [-0.39, 0.29) is 23.0 Å². The number of aromatic nitrogens is 3. The molecule has 0 fully saturated rings. The van der Waals surface area contributed by atoms with Crippen LogP contribution < -0.4 is 31.1 Å². The molecule has 6 nitrogen and oxygen atoms in total. The molecule has 2 aliphatic rings. The third kappa shape index (κ3) is 8.84. The highest BCUT2D eigenvalue weighted by Gasteiger charge is 2.45. The Morgan fingerprint density at radius 2 is 0.950 bits per heavy atom. The Morgan fingerprint density at radius 3 is 1.59 bits per heavy atom. The van der Waals surface area contributed by atoms with Gasteiger partial charge in [0.1, 0.15) is 11.0 Å². The molecule has 0 bridgehead atoms. The van der Waals surface area contributed by atoms with Crippen LogP contribution in [0, 0.1) is 0 Å². The van der Waals surface area contributed by atoms with Gasteiger partial charge < -0.3 is 14.7 Å². The van der Waals surface area contributed by atoms with Crippen LogP contribution in [0.4, 0.5) is 51.2 Å². The maximum Gasteiger partial charge on any atom is 0.252 e. The molecule has 0 unspecified atom stereocenters. The Balaban J connectivity index is 1.09. The van der Waals surface area contributed by atoms with Crippen molar-refractivity contribution in [2.45, 2.75) is 98.3 Å². The molecule has 0 N–H and O–H groups in total. The second-order valence-electron chi connectivity index (χ2n) is 25.5. The maximum absolute atomic E-state index is 5.22. The lowest BCUT2D eigenvalue weighted by atomic mass is 9.33. The molecule has 80 heavy (non-hydrogen) atoms. The monoisotopic (exact) mass is 1040 g/mol. The Kier molecular flexibility index (Phi) is 12.1. The van der Waals surface area contributed by atoms with Gasteiger partial charge in [-0.3, -0.25) is 0 Å². The lowest BCUT2D eigenvalue weighted by Gasteiger charge is -2.45. The van der Waals surface area contributed by atoms with Gasteiger partial charge in [-0.25, -0.2) is 0 Å². The van der Waals surface area contributed by atoms with Gasteiger partial charge in [-0.2, -0.15) is 4.80 Å². The van der Waals surface area contributed by atoms with Gasteiger partial charge in [0.05, 0.1) is 5.69 Å². The topological polar surface area (TPSA) is 40.4 Å². The second kappa shape index (κ2) is 19.0. The van der Waals surface area contributed by atoms with Crippen LogP contribution in [0.25, 0.3) is 38.6 Å². The molecule has 0 saturated heterocycles. The first kappa shape index (κ1) is 50.8. The average molecular weight is 1040 g/mol. The van der Waals surface area contributed by atoms with Crippen LogP contribution in [0.15, 0.2) is 212 Å². The molecule has 394 valence electrons. The number of benzene rings is 10. The van der Waals surface area contributed by atoms with Crippen molar-refractivity contribution >= 4 is 96.1 Å². The number of rotatable bonds is 8. The van der Waals surface area contributed by atoms with E-state index in [0.717, 1.165) is 56.5 Å². The second-order valence-corrected chi connectivity index (χ2v) is 25.5. The fourth-order valence-corrected chi connectivity index (χ4v) is 12.2. The summed E-state index contributed by atoms with van der Waals surface area (Å²) in [6.07, 6.45) is 0. The molecule has 0 radical (unpaired) electrons. The molecule has 0 saturated carbocycles. The average Bonchev–Trinajstić information content (AvgIpc) is 3.89. The highest BCUT2D eigenvalue weighted by molar-refractivity contribution is 7.00. The zero-order valence-electron chi connectivity index (χ0n) is 48.0. The molecular weight excluding hydrogens is 972 g/mol. The molecule has 3 heterocycles. The third-order valence-electron chi connectivity index (χ3n) is 16.7. The van der Waals surface area contributed by atoms with E-state index in [9.17, 15) is 0 Å². The van der Waals surface area contributed by atoms with Gasteiger partial charge in [-0.15, -0.1) is 10.2 Å². The van der Waals surface area contributed by atoms with Crippen molar-refractivity contribution in [3.63, 3.8) is 0 Å². The third-order valence-corrected chi connectivity index (χ3v) is 16.7. The smallest absolute Gasteiger partial charge is 0.252 e. The standard InChI is InChI=1S/C73H69BN6/c1-47(2)48-27-33-55(34-28-48)78-66-44-59(77(54-35-29-51(30-36-54)71(3,4)5)58-24-17-21-50(41-58)61-26-18-20-49-19-15-16-25-60(49)61)39-40-62(66)74-63-45-64-65(76-80(75-64)57-22-13-12-14-23-57)46-67(63)79(56-37-31-52(32-38-56)72(6,7)8)69-43-53(73(9,10)11)42-68(78)70(69)74/h12-47H,1-11H3. The molecule has 1 aromatic heterocycles. The molecule has 0 atom stereocenters. The molecule has 13 rings (SSSR count). The van der Waals surface area contributed by atoms with Gasteiger partial charge in [0.15, 0.2) is 0 Å². The molecule has 0 spiro atoms. The van der Waals surface area contributed by atoms with Crippen molar-refractivity contribution < 1.29 is 0 Å². The maximum atomic E-state index is 5.22. The molecule has 11 aromatic rings. The number of hydrogen-bond acceptors (Lipinski definition) is 5. The summed E-state index contributed by atoms with van der Waals surface area (Å²) in [5.41, 5.74) is 23.7. The lowest BCUT2D eigenvalue weighted by Crippen LogP contribution is -2.61. The molecular formula is C73H69BN6. The summed E-state index contributed by atoms with van der Waals surface area (Å²) in [6.45, 7) is 25.2. The van der Waals surface area contributed by atoms with E-state index in [4.69, 9.17) is 10.2 Å². The van der Waals surface area contributed by atoms with Gasteiger partial charge in [0.25, 0.3) is 6.71 Å². The number of nitrogens with zero attached hydrogens (tertiary/aromatic N) is 6. The van der Waals surface area contributed by atoms with Gasteiger partial charge in [-0.05, 0) is 180 Å². The van der Waals surface area contributed by atoms with Gasteiger partial charge >= 0.3 is 0 Å². The van der Waals surface area contributed by atoms with E-state index in [1.807, 2.05) is 18.2 Å². The Bertz CT molecular complexity index is 4150. The predicted octanol–water partition coefficient (Wildman–Crippen LogP) is 17.8. The molecule has 7 heteroatoms. The summed E-state index contributed by atoms with van der Waals surface area (Å²) in [5.74, 6) is 0.389. The normalized spacial score (nSPS) is 13.2. The van der Waals surface area contributed by atoms with Crippen molar-refractivity contribution in [2.75, 3.05) is 14.7 Å².